The van der Waals surface area contributed by atoms with Crippen LogP contribution in [0.15, 0.2) is 15.9 Å². The Bertz CT molecular complexity index is 389. The molecule has 1 aromatic rings. The van der Waals surface area contributed by atoms with Gasteiger partial charge < -0.3 is 4.74 Å². The third-order valence-corrected chi connectivity index (χ3v) is 4.85. The second-order valence-electron chi connectivity index (χ2n) is 4.73. The van der Waals surface area contributed by atoms with Gasteiger partial charge in [-0.25, -0.2) is 0 Å². The van der Waals surface area contributed by atoms with Crippen LogP contribution in [-0.2, 0) is 4.74 Å². The second-order valence-corrected chi connectivity index (χ2v) is 7.19. The predicted octanol–water partition coefficient (Wildman–Crippen LogP) is 4.29. The maximum atomic E-state index is 11.8. The number of halogens is 1. The number of hydrogen-bond donors (Lipinski definition) is 0. The van der Waals surface area contributed by atoms with Crippen LogP contribution >= 0.6 is 27.3 Å². The number of ketones is 1. The fraction of sp³-hybridized carbons (Fsp3) is 0.615. The lowest BCUT2D eigenvalue weighted by Gasteiger charge is -2.26. The molecule has 0 bridgehead atoms. The van der Waals surface area contributed by atoms with Crippen LogP contribution in [0.1, 0.15) is 42.3 Å². The molecule has 0 N–H and O–H groups in total. The van der Waals surface area contributed by atoms with Gasteiger partial charge in [-0.3, -0.25) is 4.79 Å². The lowest BCUT2D eigenvalue weighted by molar-refractivity contribution is 0.0184. The molecule has 1 fully saturated rings. The summed E-state index contributed by atoms with van der Waals surface area (Å²) in [5.41, 5.74) is 0. The maximum Gasteiger partial charge on any atom is 0.198 e. The normalized spacial score (nSPS) is 24.8. The summed E-state index contributed by atoms with van der Waals surface area (Å²) >= 11 is 4.83. The molecule has 1 aliphatic rings. The Labute approximate surface area is 114 Å². The molecule has 2 rings (SSSR count). The highest BCUT2D eigenvalue weighted by molar-refractivity contribution is 9.11. The van der Waals surface area contributed by atoms with Gasteiger partial charge in [-0.15, -0.1) is 11.3 Å². The molecule has 94 valence electrons. The van der Waals surface area contributed by atoms with Crippen molar-refractivity contribution < 1.29 is 9.53 Å². The molecule has 0 radical (unpaired) electrons. The Hall–Kier alpha value is -0.190. The average molecular weight is 317 g/mol. The van der Waals surface area contributed by atoms with Crippen molar-refractivity contribution in [2.75, 3.05) is 6.61 Å². The molecule has 2 unspecified atom stereocenters. The topological polar surface area (TPSA) is 26.3 Å². The summed E-state index contributed by atoms with van der Waals surface area (Å²) in [6.45, 7) is 2.48. The second kappa shape index (κ2) is 6.12. The van der Waals surface area contributed by atoms with Gasteiger partial charge in [0.25, 0.3) is 0 Å². The van der Waals surface area contributed by atoms with E-state index in [1.807, 2.05) is 12.1 Å². The summed E-state index contributed by atoms with van der Waals surface area (Å²) in [7, 11) is 0. The zero-order valence-electron chi connectivity index (χ0n) is 9.95. The first kappa shape index (κ1) is 13.2. The van der Waals surface area contributed by atoms with Crippen LogP contribution in [0.5, 0.6) is 0 Å². The molecule has 1 aliphatic carbocycles. The molecule has 0 amide bonds. The zero-order chi connectivity index (χ0) is 12.3. The van der Waals surface area contributed by atoms with Gasteiger partial charge in [-0.05, 0) is 46.8 Å². The molecule has 2 nitrogen and oxygen atoms in total. The minimum Gasteiger partial charge on any atom is -0.370 e. The van der Waals surface area contributed by atoms with E-state index in [2.05, 4.69) is 22.9 Å². The minimum absolute atomic E-state index is 0.0962. The minimum atomic E-state index is 0.0962. The summed E-state index contributed by atoms with van der Waals surface area (Å²) in [6, 6.07) is 3.75. The highest BCUT2D eigenvalue weighted by atomic mass is 79.9. The number of rotatable bonds is 4. The smallest absolute Gasteiger partial charge is 0.198 e. The van der Waals surface area contributed by atoms with Crippen molar-refractivity contribution in [2.45, 2.75) is 38.7 Å². The number of thiophene rings is 1. The van der Waals surface area contributed by atoms with Crippen molar-refractivity contribution in [1.29, 1.82) is 0 Å². The van der Waals surface area contributed by atoms with Crippen LogP contribution in [0.25, 0.3) is 0 Å². The summed E-state index contributed by atoms with van der Waals surface area (Å²) < 4.78 is 6.71. The van der Waals surface area contributed by atoms with Gasteiger partial charge in [0.05, 0.1) is 14.8 Å². The summed E-state index contributed by atoms with van der Waals surface area (Å²) in [4.78, 5) is 12.6. The fourth-order valence-electron chi connectivity index (χ4n) is 2.26. The number of carbonyl (C=O) groups is 1. The highest BCUT2D eigenvalue weighted by Gasteiger charge is 2.20. The number of ether oxygens (including phenoxy) is 1. The zero-order valence-corrected chi connectivity index (χ0v) is 12.4. The number of hydrogen-bond acceptors (Lipinski definition) is 3. The van der Waals surface area contributed by atoms with Gasteiger partial charge in [-0.2, -0.15) is 0 Å². The standard InChI is InChI=1S/C13H17BrO2S/c1-9-3-2-4-10(7-9)16-8-11(15)12-5-6-13(14)17-12/h5-6,9-10H,2-4,7-8H2,1H3. The van der Waals surface area contributed by atoms with E-state index in [1.54, 1.807) is 0 Å². The Balaban J connectivity index is 1.80. The quantitative estimate of drug-likeness (QED) is 0.775. The third kappa shape index (κ3) is 3.90. The van der Waals surface area contributed by atoms with E-state index in [0.29, 0.717) is 0 Å². The monoisotopic (exact) mass is 316 g/mol. The van der Waals surface area contributed by atoms with E-state index in [4.69, 9.17) is 4.74 Å². The van der Waals surface area contributed by atoms with E-state index in [1.165, 1.54) is 24.2 Å². The van der Waals surface area contributed by atoms with Gasteiger partial charge in [0.2, 0.25) is 0 Å². The van der Waals surface area contributed by atoms with Gasteiger partial charge in [0.1, 0.15) is 6.61 Å². The van der Waals surface area contributed by atoms with Crippen molar-refractivity contribution in [2.24, 2.45) is 5.92 Å². The van der Waals surface area contributed by atoms with E-state index in [9.17, 15) is 4.79 Å². The molecule has 2 atom stereocenters. The van der Waals surface area contributed by atoms with Gasteiger partial charge >= 0.3 is 0 Å². The molecular weight excluding hydrogens is 300 g/mol. The van der Waals surface area contributed by atoms with Crippen molar-refractivity contribution >= 4 is 33.0 Å². The van der Waals surface area contributed by atoms with Crippen molar-refractivity contribution in [1.82, 2.24) is 0 Å². The number of carbonyl (C=O) groups excluding carboxylic acids is 1. The Morgan fingerprint density at radius 1 is 1.53 bits per heavy atom. The summed E-state index contributed by atoms with van der Waals surface area (Å²) in [5, 5.41) is 0. The SMILES string of the molecule is CC1CCCC(OCC(=O)c2ccc(Br)s2)C1. The van der Waals surface area contributed by atoms with Crippen LogP contribution in [0.2, 0.25) is 0 Å². The Morgan fingerprint density at radius 3 is 3.00 bits per heavy atom. The summed E-state index contributed by atoms with van der Waals surface area (Å²) in [5.74, 6) is 0.832. The van der Waals surface area contributed by atoms with Crippen LogP contribution in [0, 0.1) is 5.92 Å². The fourth-order valence-corrected chi connectivity index (χ4v) is 3.57. The van der Waals surface area contributed by atoms with Crippen molar-refractivity contribution in [3.05, 3.63) is 20.8 Å². The molecule has 1 aromatic heterocycles. The predicted molar refractivity (Wildman–Crippen MR) is 73.7 cm³/mol. The molecule has 0 saturated heterocycles. The van der Waals surface area contributed by atoms with Gasteiger partial charge in [0, 0.05) is 0 Å². The molecular formula is C13H17BrO2S. The molecule has 4 heteroatoms. The maximum absolute atomic E-state index is 11.8. The van der Waals surface area contributed by atoms with Crippen molar-refractivity contribution in [3.8, 4) is 0 Å². The molecule has 0 aliphatic heterocycles. The first-order valence-corrected chi connectivity index (χ1v) is 7.66. The molecule has 0 spiro atoms. The molecule has 1 saturated carbocycles. The summed E-state index contributed by atoms with van der Waals surface area (Å²) in [6.07, 6.45) is 5.01. The van der Waals surface area contributed by atoms with Crippen LogP contribution in [0.3, 0.4) is 0 Å². The van der Waals surface area contributed by atoms with Crippen LogP contribution < -0.4 is 0 Å². The Kier molecular flexibility index (Phi) is 4.77. The van der Waals surface area contributed by atoms with E-state index in [0.717, 1.165) is 27.4 Å². The number of Topliss-reactive ketones (excluding diaryl/α,β-unsaturated/α-hetero) is 1. The lowest BCUT2D eigenvalue weighted by Crippen LogP contribution is -2.24. The van der Waals surface area contributed by atoms with Crippen LogP contribution in [-0.4, -0.2) is 18.5 Å². The van der Waals surface area contributed by atoms with E-state index in [-0.39, 0.29) is 18.5 Å². The first-order valence-electron chi connectivity index (χ1n) is 6.05. The third-order valence-electron chi connectivity index (χ3n) is 3.19. The first-order chi connectivity index (χ1) is 8.15. The van der Waals surface area contributed by atoms with E-state index >= 15 is 0 Å². The lowest BCUT2D eigenvalue weighted by atomic mass is 9.89. The van der Waals surface area contributed by atoms with Gasteiger partial charge in [0.15, 0.2) is 5.78 Å². The van der Waals surface area contributed by atoms with Gasteiger partial charge in [-0.1, -0.05) is 19.8 Å². The highest BCUT2D eigenvalue weighted by Crippen LogP contribution is 2.26. The van der Waals surface area contributed by atoms with Crippen LogP contribution in [0.4, 0.5) is 0 Å². The molecule has 17 heavy (non-hydrogen) atoms. The van der Waals surface area contributed by atoms with E-state index < -0.39 is 0 Å². The average Bonchev–Trinajstić information content (AvgIpc) is 2.73. The Morgan fingerprint density at radius 2 is 2.35 bits per heavy atom. The largest absolute Gasteiger partial charge is 0.370 e. The molecule has 0 aromatic carbocycles. The molecule has 1 heterocycles. The van der Waals surface area contributed by atoms with Crippen molar-refractivity contribution in [3.63, 3.8) is 0 Å².